The summed E-state index contributed by atoms with van der Waals surface area (Å²) in [6, 6.07) is 11.8. The van der Waals surface area contributed by atoms with Crippen LogP contribution in [0.4, 0.5) is 0 Å². The first-order valence-corrected chi connectivity index (χ1v) is 13.5. The highest BCUT2D eigenvalue weighted by Crippen LogP contribution is 2.27. The Bertz CT molecular complexity index is 1170. The topological polar surface area (TPSA) is 64.4 Å². The minimum absolute atomic E-state index is 0.254. The smallest absolute Gasteiger partial charge is 0.175 e. The van der Waals surface area contributed by atoms with Crippen LogP contribution in [0.3, 0.4) is 0 Å². The summed E-state index contributed by atoms with van der Waals surface area (Å²) >= 11 is 0. The van der Waals surface area contributed by atoms with E-state index in [0.717, 1.165) is 54.4 Å². The average Bonchev–Trinajstić information content (AvgIpc) is 3.24. The molecule has 0 bridgehead atoms. The van der Waals surface area contributed by atoms with Crippen molar-refractivity contribution in [3.05, 3.63) is 48.8 Å². The van der Waals surface area contributed by atoms with Gasteiger partial charge in [0.05, 0.1) is 16.6 Å². The number of ether oxygens (including phenoxy) is 1. The molecule has 32 heavy (non-hydrogen) atoms. The minimum atomic E-state index is -3.22. The predicted molar refractivity (Wildman–Crippen MR) is 126 cm³/mol. The molecule has 1 aliphatic heterocycles. The maximum Gasteiger partial charge on any atom is 0.175 e. The zero-order valence-electron chi connectivity index (χ0n) is 18.6. The first kappa shape index (κ1) is 21.5. The maximum atomic E-state index is 11.8. The number of hydrogen-bond acceptors (Lipinski definition) is 5. The standard InChI is InChI=1S/C25H31N3O3S/c1-32(29,30)23-8-9-24-19(17-23)11-16-28(24)25-10-7-22(18-26-25)31-21-12-14-27(15-13-21)20-5-3-2-4-6-20/h7-11,16-18,20-21H,2-6,12-15H2,1H3. The second kappa shape index (κ2) is 8.87. The molecule has 2 aliphatic rings. The minimum Gasteiger partial charge on any atom is -0.489 e. The highest BCUT2D eigenvalue weighted by molar-refractivity contribution is 7.90. The Morgan fingerprint density at radius 2 is 1.75 bits per heavy atom. The number of fused-ring (bicyclic) bond motifs is 1. The third kappa shape index (κ3) is 4.55. The molecule has 0 amide bonds. The first-order chi connectivity index (χ1) is 15.5. The van der Waals surface area contributed by atoms with Crippen LogP contribution in [0.1, 0.15) is 44.9 Å². The van der Waals surface area contributed by atoms with Crippen LogP contribution in [-0.2, 0) is 9.84 Å². The molecule has 1 aromatic carbocycles. The second-order valence-electron chi connectivity index (χ2n) is 9.18. The fourth-order valence-electron chi connectivity index (χ4n) is 5.13. The van der Waals surface area contributed by atoms with E-state index in [1.807, 2.05) is 35.0 Å². The molecular weight excluding hydrogens is 422 g/mol. The van der Waals surface area contributed by atoms with Gasteiger partial charge < -0.3 is 14.2 Å². The maximum absolute atomic E-state index is 11.8. The molecule has 3 heterocycles. The Morgan fingerprint density at radius 3 is 2.44 bits per heavy atom. The molecule has 1 aliphatic carbocycles. The highest BCUT2D eigenvalue weighted by atomic mass is 32.2. The quantitative estimate of drug-likeness (QED) is 0.565. The Balaban J connectivity index is 1.23. The van der Waals surface area contributed by atoms with E-state index >= 15 is 0 Å². The molecule has 0 spiro atoms. The number of likely N-dealkylation sites (tertiary alicyclic amines) is 1. The number of sulfone groups is 1. The molecule has 2 fully saturated rings. The fourth-order valence-corrected chi connectivity index (χ4v) is 5.79. The lowest BCUT2D eigenvalue weighted by Gasteiger charge is -2.39. The summed E-state index contributed by atoms with van der Waals surface area (Å²) in [5.41, 5.74) is 0.925. The van der Waals surface area contributed by atoms with Gasteiger partial charge >= 0.3 is 0 Å². The van der Waals surface area contributed by atoms with Gasteiger partial charge in [0.25, 0.3) is 0 Å². The van der Waals surface area contributed by atoms with E-state index in [2.05, 4.69) is 9.88 Å². The lowest BCUT2D eigenvalue weighted by Crippen LogP contribution is -2.44. The molecule has 1 saturated carbocycles. The number of benzene rings is 1. The Morgan fingerprint density at radius 1 is 0.969 bits per heavy atom. The molecule has 0 N–H and O–H groups in total. The van der Waals surface area contributed by atoms with Crippen LogP contribution in [0.2, 0.25) is 0 Å². The molecule has 3 aromatic rings. The van der Waals surface area contributed by atoms with Crippen LogP contribution in [0.25, 0.3) is 16.7 Å². The van der Waals surface area contributed by atoms with Crippen molar-refractivity contribution in [1.82, 2.24) is 14.5 Å². The summed E-state index contributed by atoms with van der Waals surface area (Å²) in [6.07, 6.45) is 14.2. The van der Waals surface area contributed by atoms with Crippen LogP contribution in [0.5, 0.6) is 5.75 Å². The number of pyridine rings is 1. The van der Waals surface area contributed by atoms with E-state index in [0.29, 0.717) is 4.90 Å². The number of hydrogen-bond donors (Lipinski definition) is 0. The average molecular weight is 454 g/mol. The largest absolute Gasteiger partial charge is 0.489 e. The zero-order chi connectivity index (χ0) is 22.1. The van der Waals surface area contributed by atoms with Crippen molar-refractivity contribution in [2.75, 3.05) is 19.3 Å². The SMILES string of the molecule is CS(=O)(=O)c1ccc2c(ccn2-c2ccc(OC3CCN(C4CCCCC4)CC3)cn2)c1. The zero-order valence-corrected chi connectivity index (χ0v) is 19.4. The summed E-state index contributed by atoms with van der Waals surface area (Å²) in [5, 5.41) is 0.875. The van der Waals surface area contributed by atoms with Gasteiger partial charge in [-0.1, -0.05) is 19.3 Å². The number of nitrogens with zero attached hydrogens (tertiary/aromatic N) is 3. The van der Waals surface area contributed by atoms with Crippen molar-refractivity contribution in [1.29, 1.82) is 0 Å². The van der Waals surface area contributed by atoms with Crippen molar-refractivity contribution < 1.29 is 13.2 Å². The summed E-state index contributed by atoms with van der Waals surface area (Å²) in [5.74, 6) is 1.59. The van der Waals surface area contributed by atoms with E-state index in [1.165, 1.54) is 38.4 Å². The third-order valence-electron chi connectivity index (χ3n) is 6.93. The molecule has 5 rings (SSSR count). The third-order valence-corrected chi connectivity index (χ3v) is 8.04. The fraction of sp³-hybridized carbons (Fsp3) is 0.480. The van der Waals surface area contributed by atoms with Gasteiger partial charge in [0.2, 0.25) is 0 Å². The van der Waals surface area contributed by atoms with E-state index in [4.69, 9.17) is 4.74 Å². The van der Waals surface area contributed by atoms with Gasteiger partial charge in [0.1, 0.15) is 17.7 Å². The number of aromatic nitrogens is 2. The summed E-state index contributed by atoms with van der Waals surface area (Å²) in [4.78, 5) is 7.61. The lowest BCUT2D eigenvalue weighted by molar-refractivity contribution is 0.0629. The van der Waals surface area contributed by atoms with Gasteiger partial charge in [-0.05, 0) is 62.1 Å². The molecule has 1 saturated heterocycles. The van der Waals surface area contributed by atoms with Gasteiger partial charge in [-0.2, -0.15) is 0 Å². The number of rotatable bonds is 5. The van der Waals surface area contributed by atoms with Gasteiger partial charge in [-0.25, -0.2) is 13.4 Å². The Kier molecular flexibility index (Phi) is 5.95. The van der Waals surface area contributed by atoms with Crippen LogP contribution in [0, 0.1) is 0 Å². The number of piperidine rings is 1. The molecule has 0 unspecified atom stereocenters. The first-order valence-electron chi connectivity index (χ1n) is 11.7. The van der Waals surface area contributed by atoms with Gasteiger partial charge in [0.15, 0.2) is 9.84 Å². The molecule has 0 radical (unpaired) electrons. The molecule has 0 atom stereocenters. The lowest BCUT2D eigenvalue weighted by atomic mass is 9.92. The molecule has 2 aromatic heterocycles. The monoisotopic (exact) mass is 453 g/mol. The van der Waals surface area contributed by atoms with Crippen LogP contribution in [0.15, 0.2) is 53.7 Å². The molecule has 170 valence electrons. The van der Waals surface area contributed by atoms with Gasteiger partial charge in [-0.3, -0.25) is 0 Å². The van der Waals surface area contributed by atoms with E-state index in [9.17, 15) is 8.42 Å². The van der Waals surface area contributed by atoms with Crippen molar-refractivity contribution in [2.45, 2.75) is 62.0 Å². The second-order valence-corrected chi connectivity index (χ2v) is 11.2. The Hall–Kier alpha value is -2.38. The van der Waals surface area contributed by atoms with Gasteiger partial charge in [0, 0.05) is 37.0 Å². The van der Waals surface area contributed by atoms with Crippen molar-refractivity contribution in [3.8, 4) is 11.6 Å². The highest BCUT2D eigenvalue weighted by Gasteiger charge is 2.27. The van der Waals surface area contributed by atoms with Gasteiger partial charge in [-0.15, -0.1) is 0 Å². The molecule has 7 heteroatoms. The van der Waals surface area contributed by atoms with Crippen LogP contribution in [-0.4, -0.2) is 54.4 Å². The van der Waals surface area contributed by atoms with Crippen LogP contribution >= 0.6 is 0 Å². The predicted octanol–water partition coefficient (Wildman–Crippen LogP) is 4.60. The summed E-state index contributed by atoms with van der Waals surface area (Å²) < 4.78 is 31.8. The van der Waals surface area contributed by atoms with Crippen molar-refractivity contribution in [2.24, 2.45) is 0 Å². The molecule has 6 nitrogen and oxygen atoms in total. The Labute approximate surface area is 190 Å². The van der Waals surface area contributed by atoms with E-state index in [-0.39, 0.29) is 6.10 Å². The summed E-state index contributed by atoms with van der Waals surface area (Å²) in [7, 11) is -3.22. The normalized spacial score (nSPS) is 19.4. The van der Waals surface area contributed by atoms with Crippen molar-refractivity contribution in [3.63, 3.8) is 0 Å². The summed E-state index contributed by atoms with van der Waals surface area (Å²) in [6.45, 7) is 2.26. The molecular formula is C25H31N3O3S. The van der Waals surface area contributed by atoms with E-state index < -0.39 is 9.84 Å². The van der Waals surface area contributed by atoms with E-state index in [1.54, 1.807) is 18.3 Å². The van der Waals surface area contributed by atoms with Crippen molar-refractivity contribution >= 4 is 20.7 Å². The van der Waals surface area contributed by atoms with Crippen LogP contribution < -0.4 is 4.74 Å².